The summed E-state index contributed by atoms with van der Waals surface area (Å²) >= 11 is 1.50. The van der Waals surface area contributed by atoms with Crippen molar-refractivity contribution in [1.29, 1.82) is 0 Å². The number of aromatic nitrogens is 2. The van der Waals surface area contributed by atoms with Gasteiger partial charge in [0.05, 0.1) is 11.3 Å². The number of nitrogens with zero attached hydrogens (tertiary/aromatic N) is 2. The molecule has 1 heterocycles. The lowest BCUT2D eigenvalue weighted by Crippen LogP contribution is -1.99. The van der Waals surface area contributed by atoms with Crippen molar-refractivity contribution in [3.8, 4) is 0 Å². The van der Waals surface area contributed by atoms with Crippen LogP contribution in [0.4, 0.5) is 0 Å². The molecule has 1 aromatic carbocycles. The van der Waals surface area contributed by atoms with Crippen molar-refractivity contribution in [3.63, 3.8) is 0 Å². The van der Waals surface area contributed by atoms with Crippen LogP contribution in [-0.4, -0.2) is 21.2 Å². The average molecular weight is 292 g/mol. The third-order valence-electron chi connectivity index (χ3n) is 2.78. The van der Waals surface area contributed by atoms with Crippen LogP contribution in [0.25, 0.3) is 0 Å². The number of hydrogen-bond donors (Lipinski definition) is 1. The molecule has 0 radical (unpaired) electrons. The van der Waals surface area contributed by atoms with Crippen LogP contribution >= 0.6 is 11.8 Å². The van der Waals surface area contributed by atoms with Crippen LogP contribution in [-0.2, 0) is 12.2 Å². The van der Waals surface area contributed by atoms with E-state index in [2.05, 4.69) is 17.1 Å². The van der Waals surface area contributed by atoms with E-state index in [0.29, 0.717) is 23.0 Å². The highest BCUT2D eigenvalue weighted by atomic mass is 32.2. The molecule has 0 aliphatic carbocycles. The monoisotopic (exact) mass is 292 g/mol. The van der Waals surface area contributed by atoms with Gasteiger partial charge in [-0.15, -0.1) is 11.8 Å². The van der Waals surface area contributed by atoms with Crippen LogP contribution in [0.15, 0.2) is 27.6 Å². The van der Waals surface area contributed by atoms with Crippen molar-refractivity contribution in [2.75, 3.05) is 0 Å². The fraction of sp³-hybridized carbons (Fsp3) is 0.357. The Kier molecular flexibility index (Phi) is 4.79. The zero-order valence-electron chi connectivity index (χ0n) is 11.4. The molecule has 0 aliphatic heterocycles. The lowest BCUT2D eigenvalue weighted by Gasteiger charge is -2.04. The smallest absolute Gasteiger partial charge is 0.335 e. The topological polar surface area (TPSA) is 76.2 Å². The lowest BCUT2D eigenvalue weighted by molar-refractivity contribution is 0.0696. The maximum absolute atomic E-state index is 11.1. The quantitative estimate of drug-likeness (QED) is 0.823. The molecule has 0 fully saturated rings. The van der Waals surface area contributed by atoms with Gasteiger partial charge in [-0.1, -0.05) is 18.1 Å². The van der Waals surface area contributed by atoms with Crippen molar-refractivity contribution >= 4 is 17.7 Å². The first kappa shape index (κ1) is 14.6. The van der Waals surface area contributed by atoms with E-state index in [1.807, 2.05) is 12.1 Å². The van der Waals surface area contributed by atoms with Crippen molar-refractivity contribution in [3.05, 3.63) is 41.0 Å². The van der Waals surface area contributed by atoms with Gasteiger partial charge in [-0.25, -0.2) is 4.79 Å². The van der Waals surface area contributed by atoms with Gasteiger partial charge in [-0.05, 0) is 31.0 Å². The molecule has 2 aromatic rings. The molecule has 5 nitrogen and oxygen atoms in total. The van der Waals surface area contributed by atoms with E-state index < -0.39 is 5.97 Å². The molecule has 6 heteroatoms. The second kappa shape index (κ2) is 6.56. The van der Waals surface area contributed by atoms with Gasteiger partial charge in [0.15, 0.2) is 5.82 Å². The number of rotatable bonds is 6. The minimum atomic E-state index is -0.908. The molecule has 0 aliphatic rings. The summed E-state index contributed by atoms with van der Waals surface area (Å²) in [6.07, 6.45) is 1.75. The van der Waals surface area contributed by atoms with E-state index in [1.54, 1.807) is 13.0 Å². The Labute approximate surface area is 121 Å². The van der Waals surface area contributed by atoms with Crippen LogP contribution < -0.4 is 0 Å². The van der Waals surface area contributed by atoms with E-state index in [4.69, 9.17) is 9.63 Å². The van der Waals surface area contributed by atoms with E-state index >= 15 is 0 Å². The van der Waals surface area contributed by atoms with Gasteiger partial charge in [0.2, 0.25) is 5.89 Å². The molecule has 1 N–H and O–H groups in total. The fourth-order valence-electron chi connectivity index (χ4n) is 1.73. The van der Waals surface area contributed by atoms with Crippen molar-refractivity contribution in [2.24, 2.45) is 0 Å². The van der Waals surface area contributed by atoms with Gasteiger partial charge in [0, 0.05) is 11.3 Å². The third-order valence-corrected chi connectivity index (χ3v) is 3.77. The van der Waals surface area contributed by atoms with Crippen molar-refractivity contribution in [1.82, 2.24) is 10.1 Å². The molecule has 0 spiro atoms. The summed E-state index contributed by atoms with van der Waals surface area (Å²) in [7, 11) is 0. The highest BCUT2D eigenvalue weighted by Crippen LogP contribution is 2.24. The number of thioether (sulfide) groups is 1. The number of carboxylic acid groups (broad SMARTS) is 1. The van der Waals surface area contributed by atoms with E-state index in [-0.39, 0.29) is 0 Å². The molecule has 0 saturated heterocycles. The first-order valence-electron chi connectivity index (χ1n) is 6.38. The maximum atomic E-state index is 11.1. The normalized spacial score (nSPS) is 10.7. The summed E-state index contributed by atoms with van der Waals surface area (Å²) in [6.45, 7) is 3.84. The standard InChI is InChI=1S/C14H16N2O3S/c1-3-4-13-15-12(16-19-13)8-20-10-6-5-9(2)11(7-10)14(17)18/h5-7H,3-4,8H2,1-2H3,(H,17,18). The third kappa shape index (κ3) is 3.60. The summed E-state index contributed by atoms with van der Waals surface area (Å²) in [5, 5.41) is 13.0. The van der Waals surface area contributed by atoms with Crippen LogP contribution in [0.2, 0.25) is 0 Å². The summed E-state index contributed by atoms with van der Waals surface area (Å²) in [4.78, 5) is 16.2. The Morgan fingerprint density at radius 2 is 2.25 bits per heavy atom. The Hall–Kier alpha value is -1.82. The fourth-order valence-corrected chi connectivity index (χ4v) is 2.51. The Balaban J connectivity index is 2.03. The van der Waals surface area contributed by atoms with Crippen molar-refractivity contribution < 1.29 is 14.4 Å². The lowest BCUT2D eigenvalue weighted by atomic mass is 10.1. The highest BCUT2D eigenvalue weighted by molar-refractivity contribution is 7.98. The Morgan fingerprint density at radius 1 is 1.45 bits per heavy atom. The number of hydrogen-bond acceptors (Lipinski definition) is 5. The van der Waals surface area contributed by atoms with Gasteiger partial charge in [-0.2, -0.15) is 4.98 Å². The summed E-state index contributed by atoms with van der Waals surface area (Å²) in [5.74, 6) is 0.943. The molecule has 0 amide bonds. The maximum Gasteiger partial charge on any atom is 0.335 e. The van der Waals surface area contributed by atoms with Gasteiger partial charge in [-0.3, -0.25) is 0 Å². The summed E-state index contributed by atoms with van der Waals surface area (Å²) < 4.78 is 5.11. The predicted octanol–water partition coefficient (Wildman–Crippen LogP) is 3.32. The van der Waals surface area contributed by atoms with Crippen LogP contribution in [0.1, 0.15) is 41.0 Å². The largest absolute Gasteiger partial charge is 0.478 e. The first-order valence-corrected chi connectivity index (χ1v) is 7.37. The zero-order valence-corrected chi connectivity index (χ0v) is 12.2. The molecule has 0 atom stereocenters. The molecule has 2 rings (SSSR count). The molecule has 106 valence electrons. The molecular weight excluding hydrogens is 276 g/mol. The summed E-state index contributed by atoms with van der Waals surface area (Å²) in [6, 6.07) is 5.39. The minimum Gasteiger partial charge on any atom is -0.478 e. The number of carbonyl (C=O) groups is 1. The SMILES string of the molecule is CCCc1nc(CSc2ccc(C)c(C(=O)O)c2)no1. The zero-order chi connectivity index (χ0) is 14.5. The molecular formula is C14H16N2O3S. The highest BCUT2D eigenvalue weighted by Gasteiger charge is 2.10. The number of aromatic carboxylic acids is 1. The Bertz CT molecular complexity index is 610. The number of benzene rings is 1. The molecule has 0 saturated carbocycles. The van der Waals surface area contributed by atoms with Gasteiger partial charge >= 0.3 is 5.97 Å². The second-order valence-corrected chi connectivity index (χ2v) is 5.47. The average Bonchev–Trinajstić information content (AvgIpc) is 2.86. The van der Waals surface area contributed by atoms with Crippen LogP contribution in [0, 0.1) is 6.92 Å². The first-order chi connectivity index (χ1) is 9.60. The van der Waals surface area contributed by atoms with Gasteiger partial charge < -0.3 is 9.63 Å². The van der Waals surface area contributed by atoms with E-state index in [1.165, 1.54) is 11.8 Å². The van der Waals surface area contributed by atoms with Crippen LogP contribution in [0.3, 0.4) is 0 Å². The molecule has 20 heavy (non-hydrogen) atoms. The summed E-state index contributed by atoms with van der Waals surface area (Å²) in [5.41, 5.74) is 1.08. The molecule has 0 bridgehead atoms. The number of aryl methyl sites for hydroxylation is 2. The van der Waals surface area contributed by atoms with E-state index in [9.17, 15) is 4.79 Å². The van der Waals surface area contributed by atoms with Gasteiger partial charge in [0.1, 0.15) is 0 Å². The molecule has 1 aromatic heterocycles. The second-order valence-electron chi connectivity index (χ2n) is 4.42. The predicted molar refractivity (Wildman–Crippen MR) is 76.0 cm³/mol. The van der Waals surface area contributed by atoms with Crippen molar-refractivity contribution in [2.45, 2.75) is 37.3 Å². The minimum absolute atomic E-state index is 0.329. The Morgan fingerprint density at radius 3 is 2.95 bits per heavy atom. The van der Waals surface area contributed by atoms with Crippen LogP contribution in [0.5, 0.6) is 0 Å². The van der Waals surface area contributed by atoms with E-state index in [0.717, 1.165) is 23.3 Å². The van der Waals surface area contributed by atoms with Gasteiger partial charge in [0.25, 0.3) is 0 Å². The number of carboxylic acids is 1. The molecule has 0 unspecified atom stereocenters.